The van der Waals surface area contributed by atoms with E-state index in [1.165, 1.54) is 23.4 Å². The van der Waals surface area contributed by atoms with E-state index in [0.717, 1.165) is 109 Å². The molecule has 216 valence electrons. The fraction of sp³-hybridized carbons (Fsp3) is 0.323. The van der Waals surface area contributed by atoms with Crippen LogP contribution in [0.15, 0.2) is 68.3 Å². The highest BCUT2D eigenvalue weighted by molar-refractivity contribution is 7.86. The third kappa shape index (κ3) is 3.83. The fourth-order valence-corrected chi connectivity index (χ4v) is 8.89. The molecule has 1 aliphatic carbocycles. The van der Waals surface area contributed by atoms with Crippen LogP contribution in [-0.4, -0.2) is 57.0 Å². The molecule has 0 bridgehead atoms. The molecule has 0 fully saturated rings. The fourth-order valence-electron chi connectivity index (χ4n) is 7.59. The van der Waals surface area contributed by atoms with Gasteiger partial charge in [-0.15, -0.1) is 0 Å². The molecule has 2 aromatic rings. The van der Waals surface area contributed by atoms with Crippen molar-refractivity contribution in [3.05, 3.63) is 80.2 Å². The van der Waals surface area contributed by atoms with Gasteiger partial charge in [0, 0.05) is 59.5 Å². The molecule has 0 radical (unpaired) electrons. The Morgan fingerprint density at radius 1 is 1.00 bits per heavy atom. The molecule has 5 aliphatic heterocycles. The standard InChI is InChI=1S/C31H28N2O7S2/c34-41(35,36)20-9-10-21(26(17-20)42(37,38)39)27-22-6-2-13-33-14-4-8-24(29(22)33)31-25(27)16-19-15-18-5-1-11-32-12-3-7-23(28(18)32)30(19)40-31/h3,6-7,9-10,16-17H,1-2,4-5,8,11-15H2,(H-,34,35,36,37,38,39)/p+1. The lowest BCUT2D eigenvalue weighted by Gasteiger charge is -2.41. The number of hydrogen-bond donors (Lipinski definition) is 2. The van der Waals surface area contributed by atoms with Crippen molar-refractivity contribution in [1.82, 2.24) is 9.48 Å². The van der Waals surface area contributed by atoms with Crippen molar-refractivity contribution in [2.24, 2.45) is 0 Å². The Morgan fingerprint density at radius 3 is 2.67 bits per heavy atom. The second-order valence-corrected chi connectivity index (χ2v) is 14.5. The molecule has 8 rings (SSSR count). The maximum atomic E-state index is 12.7. The number of ether oxygens (including phenoxy) is 1. The quantitative estimate of drug-likeness (QED) is 0.405. The molecule has 5 heterocycles. The van der Waals surface area contributed by atoms with Gasteiger partial charge >= 0.3 is 0 Å². The van der Waals surface area contributed by atoms with Gasteiger partial charge in [-0.2, -0.15) is 16.8 Å². The molecular formula is C31H29N2O7S2+. The first kappa shape index (κ1) is 26.1. The van der Waals surface area contributed by atoms with Crippen molar-refractivity contribution in [2.75, 3.05) is 26.2 Å². The van der Waals surface area contributed by atoms with Gasteiger partial charge in [0.25, 0.3) is 20.2 Å². The van der Waals surface area contributed by atoms with Gasteiger partial charge in [-0.25, -0.2) is 4.58 Å². The van der Waals surface area contributed by atoms with E-state index in [0.29, 0.717) is 11.3 Å². The van der Waals surface area contributed by atoms with Crippen LogP contribution < -0.4 is 19.9 Å². The highest BCUT2D eigenvalue weighted by atomic mass is 32.2. The van der Waals surface area contributed by atoms with Crippen LogP contribution in [0.1, 0.15) is 43.2 Å². The first-order valence-electron chi connectivity index (χ1n) is 14.3. The summed E-state index contributed by atoms with van der Waals surface area (Å²) in [6.07, 6.45) is 13.9. The summed E-state index contributed by atoms with van der Waals surface area (Å²) in [6, 6.07) is 3.35. The Labute approximate surface area is 243 Å². The zero-order valence-electron chi connectivity index (χ0n) is 22.8. The largest absolute Gasteiger partial charge is 0.455 e. The molecule has 0 atom stereocenters. The predicted octanol–water partition coefficient (Wildman–Crippen LogP) is 2.82. The van der Waals surface area contributed by atoms with Crippen LogP contribution in [0.2, 0.25) is 0 Å². The van der Waals surface area contributed by atoms with Crippen molar-refractivity contribution >= 4 is 32.4 Å². The Morgan fingerprint density at radius 2 is 1.86 bits per heavy atom. The number of nitrogens with zero attached hydrogens (tertiary/aromatic N) is 2. The summed E-state index contributed by atoms with van der Waals surface area (Å²) in [6.45, 7) is 3.59. The molecule has 2 N–H and O–H groups in total. The van der Waals surface area contributed by atoms with Gasteiger partial charge in [-0.05, 0) is 49.5 Å². The maximum absolute atomic E-state index is 12.7. The average Bonchev–Trinajstić information content (AvgIpc) is 2.96. The van der Waals surface area contributed by atoms with E-state index >= 15 is 0 Å². The SMILES string of the molecule is O=S(=O)(O)c1ccc(-c2c3c(c4c5c2=CCC[N+]=5CCC4)OC2=C4C=CCN5CCCC(=C45)CC2=C3)c(S(=O)(=O)O)c1. The van der Waals surface area contributed by atoms with Gasteiger partial charge in [0.1, 0.15) is 29.5 Å². The molecule has 2 aromatic carbocycles. The number of benzene rings is 2. The zero-order chi connectivity index (χ0) is 29.0. The van der Waals surface area contributed by atoms with Crippen LogP contribution in [0.5, 0.6) is 5.75 Å². The van der Waals surface area contributed by atoms with Crippen LogP contribution in [0.3, 0.4) is 0 Å². The van der Waals surface area contributed by atoms with Gasteiger partial charge < -0.3 is 9.64 Å². The number of rotatable bonds is 3. The number of fused-ring (bicyclic) bond motifs is 3. The van der Waals surface area contributed by atoms with Crippen molar-refractivity contribution < 1.29 is 30.7 Å². The number of hydrogen-bond acceptors (Lipinski definition) is 6. The van der Waals surface area contributed by atoms with Crippen LogP contribution in [0.25, 0.3) is 23.3 Å². The van der Waals surface area contributed by atoms with Crippen molar-refractivity contribution in [2.45, 2.75) is 48.3 Å². The lowest BCUT2D eigenvalue weighted by atomic mass is 9.80. The van der Waals surface area contributed by atoms with E-state index in [2.05, 4.69) is 33.8 Å². The molecule has 6 aliphatic rings. The minimum atomic E-state index is -4.88. The third-order valence-electron chi connectivity index (χ3n) is 9.20. The van der Waals surface area contributed by atoms with E-state index < -0.39 is 30.0 Å². The lowest BCUT2D eigenvalue weighted by molar-refractivity contribution is 0.331. The summed E-state index contributed by atoms with van der Waals surface area (Å²) in [4.78, 5) is 1.24. The van der Waals surface area contributed by atoms with Gasteiger partial charge in [0.15, 0.2) is 0 Å². The molecule has 0 amide bonds. The molecule has 11 heteroatoms. The van der Waals surface area contributed by atoms with Gasteiger partial charge in [-0.3, -0.25) is 9.11 Å². The second-order valence-electron chi connectivity index (χ2n) is 11.6. The highest BCUT2D eigenvalue weighted by Gasteiger charge is 2.38. The Hall–Kier alpha value is -3.51. The van der Waals surface area contributed by atoms with E-state index in [1.807, 2.05) is 0 Å². The molecule has 0 aromatic heterocycles. The van der Waals surface area contributed by atoms with Crippen molar-refractivity contribution in [3.63, 3.8) is 0 Å². The van der Waals surface area contributed by atoms with E-state index in [9.17, 15) is 25.9 Å². The highest BCUT2D eigenvalue weighted by Crippen LogP contribution is 2.48. The third-order valence-corrected chi connectivity index (χ3v) is 10.9. The summed E-state index contributed by atoms with van der Waals surface area (Å²) < 4.78 is 78.5. The first-order valence-corrected chi connectivity index (χ1v) is 17.1. The molecular weight excluding hydrogens is 576 g/mol. The van der Waals surface area contributed by atoms with Gasteiger partial charge in [0.05, 0.1) is 15.7 Å². The average molecular weight is 606 g/mol. The Kier molecular flexibility index (Phi) is 5.60. The van der Waals surface area contributed by atoms with Gasteiger partial charge in [-0.1, -0.05) is 24.3 Å². The smallest absolute Gasteiger partial charge is 0.295 e. The Bertz CT molecular complexity index is 2120. The summed E-state index contributed by atoms with van der Waals surface area (Å²) >= 11 is 0. The van der Waals surface area contributed by atoms with Crippen LogP contribution in [0, 0.1) is 0 Å². The lowest BCUT2D eigenvalue weighted by Crippen LogP contribution is -2.50. The van der Waals surface area contributed by atoms with Crippen LogP contribution in [-0.2, 0) is 26.7 Å². The van der Waals surface area contributed by atoms with Crippen LogP contribution in [0.4, 0.5) is 0 Å². The Balaban J connectivity index is 1.48. The molecule has 0 unspecified atom stereocenters. The first-order chi connectivity index (χ1) is 20.1. The van der Waals surface area contributed by atoms with Gasteiger partial charge in [0.2, 0.25) is 5.36 Å². The molecule has 42 heavy (non-hydrogen) atoms. The maximum Gasteiger partial charge on any atom is 0.295 e. The minimum absolute atomic E-state index is 0.163. The van der Waals surface area contributed by atoms with E-state index in [4.69, 9.17) is 4.74 Å². The van der Waals surface area contributed by atoms with Crippen LogP contribution >= 0.6 is 0 Å². The van der Waals surface area contributed by atoms with E-state index in [-0.39, 0.29) is 5.56 Å². The number of allylic oxidation sites excluding steroid dienone is 3. The van der Waals surface area contributed by atoms with Crippen molar-refractivity contribution in [3.8, 4) is 16.9 Å². The molecule has 0 spiro atoms. The molecule has 9 nitrogen and oxygen atoms in total. The summed E-state index contributed by atoms with van der Waals surface area (Å²) in [5.41, 5.74) is 7.29. The molecule has 0 saturated heterocycles. The topological polar surface area (TPSA) is 124 Å². The second kappa shape index (κ2) is 9.00. The van der Waals surface area contributed by atoms with E-state index in [1.54, 1.807) is 0 Å². The summed E-state index contributed by atoms with van der Waals surface area (Å²) in [5, 5.41) is 1.85. The minimum Gasteiger partial charge on any atom is -0.455 e. The summed E-state index contributed by atoms with van der Waals surface area (Å²) in [7, 11) is -9.59. The van der Waals surface area contributed by atoms with Crippen molar-refractivity contribution in [1.29, 1.82) is 0 Å². The monoisotopic (exact) mass is 605 g/mol. The predicted molar refractivity (Wildman–Crippen MR) is 156 cm³/mol. The molecule has 0 saturated carbocycles. The normalized spacial score (nSPS) is 20.7. The summed E-state index contributed by atoms with van der Waals surface area (Å²) in [5.74, 6) is 1.51. The zero-order valence-corrected chi connectivity index (χ0v) is 24.4.